The standard InChI is InChI=1S/C11H13NO2S2/c1-3-10-7-8-6-9(12-16(2,13)14)4-5-11(8)15-10/h4-7,12H,3H2,1-2H3. The molecule has 0 aliphatic rings. The number of rotatable bonds is 3. The Bertz CT molecular complexity index is 614. The molecule has 5 heteroatoms. The lowest BCUT2D eigenvalue weighted by atomic mass is 10.2. The Morgan fingerprint density at radius 1 is 1.31 bits per heavy atom. The third-order valence-corrected chi connectivity index (χ3v) is 4.09. The molecule has 0 fully saturated rings. The van der Waals surface area contributed by atoms with E-state index < -0.39 is 10.0 Å². The van der Waals surface area contributed by atoms with Gasteiger partial charge in [-0.1, -0.05) is 6.92 Å². The van der Waals surface area contributed by atoms with Crippen molar-refractivity contribution < 1.29 is 8.42 Å². The molecule has 1 aromatic carbocycles. The first-order valence-corrected chi connectivity index (χ1v) is 7.69. The zero-order chi connectivity index (χ0) is 11.8. The fourth-order valence-electron chi connectivity index (χ4n) is 1.55. The van der Waals surface area contributed by atoms with Gasteiger partial charge in [-0.3, -0.25) is 4.72 Å². The van der Waals surface area contributed by atoms with Gasteiger partial charge in [0.2, 0.25) is 10.0 Å². The number of sulfonamides is 1. The van der Waals surface area contributed by atoms with Gasteiger partial charge in [0.05, 0.1) is 6.26 Å². The normalized spacial score (nSPS) is 11.9. The van der Waals surface area contributed by atoms with E-state index in [1.807, 2.05) is 12.1 Å². The van der Waals surface area contributed by atoms with E-state index in [9.17, 15) is 8.42 Å². The van der Waals surface area contributed by atoms with E-state index in [1.165, 1.54) is 9.58 Å². The Balaban J connectivity index is 2.43. The van der Waals surface area contributed by atoms with Gasteiger partial charge in [-0.25, -0.2) is 8.42 Å². The zero-order valence-electron chi connectivity index (χ0n) is 9.15. The molecule has 3 nitrogen and oxygen atoms in total. The summed E-state index contributed by atoms with van der Waals surface area (Å²) in [6.45, 7) is 2.11. The molecular weight excluding hydrogens is 242 g/mol. The lowest BCUT2D eigenvalue weighted by Crippen LogP contribution is -2.09. The van der Waals surface area contributed by atoms with Crippen LogP contribution in [0.25, 0.3) is 10.1 Å². The van der Waals surface area contributed by atoms with Crippen LogP contribution < -0.4 is 4.72 Å². The molecule has 0 spiro atoms. The van der Waals surface area contributed by atoms with E-state index in [4.69, 9.17) is 0 Å². The lowest BCUT2D eigenvalue weighted by molar-refractivity contribution is 0.607. The van der Waals surface area contributed by atoms with Crippen molar-refractivity contribution in [2.24, 2.45) is 0 Å². The molecule has 0 amide bonds. The summed E-state index contributed by atoms with van der Waals surface area (Å²) in [5.74, 6) is 0. The van der Waals surface area contributed by atoms with Crippen molar-refractivity contribution in [3.63, 3.8) is 0 Å². The lowest BCUT2D eigenvalue weighted by Gasteiger charge is -2.02. The van der Waals surface area contributed by atoms with Gasteiger partial charge in [0.15, 0.2) is 0 Å². The molecule has 0 bridgehead atoms. The number of anilines is 1. The number of aryl methyl sites for hydroxylation is 1. The van der Waals surface area contributed by atoms with E-state index >= 15 is 0 Å². The van der Waals surface area contributed by atoms with E-state index in [0.29, 0.717) is 5.69 Å². The fraction of sp³-hybridized carbons (Fsp3) is 0.273. The maximum atomic E-state index is 11.1. The van der Waals surface area contributed by atoms with Crippen LogP contribution in [0.1, 0.15) is 11.8 Å². The highest BCUT2D eigenvalue weighted by molar-refractivity contribution is 7.92. The molecule has 86 valence electrons. The predicted octanol–water partition coefficient (Wildman–Crippen LogP) is 2.84. The smallest absolute Gasteiger partial charge is 0.229 e. The molecule has 0 aliphatic carbocycles. The number of fused-ring (bicyclic) bond motifs is 1. The van der Waals surface area contributed by atoms with Gasteiger partial charge in [-0.05, 0) is 36.1 Å². The largest absolute Gasteiger partial charge is 0.284 e. The quantitative estimate of drug-likeness (QED) is 0.916. The summed E-state index contributed by atoms with van der Waals surface area (Å²) < 4.78 is 25.8. The van der Waals surface area contributed by atoms with E-state index in [0.717, 1.165) is 18.1 Å². The maximum absolute atomic E-state index is 11.1. The first-order valence-electron chi connectivity index (χ1n) is 4.98. The Kier molecular flexibility index (Phi) is 2.90. The second kappa shape index (κ2) is 4.07. The monoisotopic (exact) mass is 255 g/mol. The van der Waals surface area contributed by atoms with E-state index in [2.05, 4.69) is 17.7 Å². The third kappa shape index (κ3) is 2.54. The number of thiophene rings is 1. The van der Waals surface area contributed by atoms with Gasteiger partial charge in [0.1, 0.15) is 0 Å². The molecule has 2 aromatic rings. The average molecular weight is 255 g/mol. The predicted molar refractivity (Wildman–Crippen MR) is 69.7 cm³/mol. The Hall–Kier alpha value is -1.07. The molecule has 1 aromatic heterocycles. The minimum Gasteiger partial charge on any atom is -0.284 e. The highest BCUT2D eigenvalue weighted by atomic mass is 32.2. The average Bonchev–Trinajstić information content (AvgIpc) is 2.57. The summed E-state index contributed by atoms with van der Waals surface area (Å²) in [6, 6.07) is 7.71. The van der Waals surface area contributed by atoms with Gasteiger partial charge in [0, 0.05) is 15.3 Å². The van der Waals surface area contributed by atoms with Crippen molar-refractivity contribution in [2.45, 2.75) is 13.3 Å². The molecule has 0 saturated heterocycles. The van der Waals surface area contributed by atoms with Crippen LogP contribution in [0.3, 0.4) is 0 Å². The second-order valence-corrected chi connectivity index (χ2v) is 6.61. The molecule has 0 unspecified atom stereocenters. The minimum atomic E-state index is -3.19. The van der Waals surface area contributed by atoms with Crippen molar-refractivity contribution in [3.05, 3.63) is 29.1 Å². The van der Waals surface area contributed by atoms with Crippen LogP contribution in [0.2, 0.25) is 0 Å². The van der Waals surface area contributed by atoms with E-state index in [-0.39, 0.29) is 0 Å². The maximum Gasteiger partial charge on any atom is 0.229 e. The molecule has 0 radical (unpaired) electrons. The summed E-state index contributed by atoms with van der Waals surface area (Å²) in [7, 11) is -3.19. The molecule has 1 N–H and O–H groups in total. The van der Waals surface area contributed by atoms with Crippen LogP contribution in [0, 0.1) is 0 Å². The highest BCUT2D eigenvalue weighted by Crippen LogP contribution is 2.28. The van der Waals surface area contributed by atoms with Crippen LogP contribution in [0.5, 0.6) is 0 Å². The number of hydrogen-bond donors (Lipinski definition) is 1. The van der Waals surface area contributed by atoms with Crippen LogP contribution in [-0.2, 0) is 16.4 Å². The number of hydrogen-bond acceptors (Lipinski definition) is 3. The van der Waals surface area contributed by atoms with Gasteiger partial charge < -0.3 is 0 Å². The van der Waals surface area contributed by atoms with Gasteiger partial charge in [-0.2, -0.15) is 0 Å². The molecule has 0 atom stereocenters. The molecular formula is C11H13NO2S2. The van der Waals surface area contributed by atoms with Crippen molar-refractivity contribution in [3.8, 4) is 0 Å². The Morgan fingerprint density at radius 2 is 2.06 bits per heavy atom. The fourth-order valence-corrected chi connectivity index (χ4v) is 3.09. The SMILES string of the molecule is CCc1cc2cc(NS(C)(=O)=O)ccc2s1. The van der Waals surface area contributed by atoms with E-state index in [1.54, 1.807) is 17.4 Å². The number of nitrogens with one attached hydrogen (secondary N) is 1. The molecule has 2 rings (SSSR count). The summed E-state index contributed by atoms with van der Waals surface area (Å²) in [5, 5.41) is 1.09. The molecule has 1 heterocycles. The molecule has 0 aliphatic heterocycles. The summed E-state index contributed by atoms with van der Waals surface area (Å²) in [6.07, 6.45) is 2.16. The number of benzene rings is 1. The van der Waals surface area contributed by atoms with Crippen LogP contribution in [-0.4, -0.2) is 14.7 Å². The Labute approximate surface area is 99.2 Å². The molecule has 0 saturated carbocycles. The first-order chi connectivity index (χ1) is 7.48. The zero-order valence-corrected chi connectivity index (χ0v) is 10.8. The summed E-state index contributed by atoms with van der Waals surface area (Å²) in [5.41, 5.74) is 0.621. The highest BCUT2D eigenvalue weighted by Gasteiger charge is 2.04. The Morgan fingerprint density at radius 3 is 2.69 bits per heavy atom. The summed E-state index contributed by atoms with van der Waals surface area (Å²) in [4.78, 5) is 1.31. The van der Waals surface area contributed by atoms with Crippen molar-refractivity contribution in [2.75, 3.05) is 11.0 Å². The first kappa shape index (κ1) is 11.4. The van der Waals surface area contributed by atoms with Crippen molar-refractivity contribution >= 4 is 37.1 Å². The van der Waals surface area contributed by atoms with Gasteiger partial charge >= 0.3 is 0 Å². The molecule has 16 heavy (non-hydrogen) atoms. The van der Waals surface area contributed by atoms with Crippen LogP contribution in [0.15, 0.2) is 24.3 Å². The second-order valence-electron chi connectivity index (χ2n) is 3.69. The van der Waals surface area contributed by atoms with Crippen molar-refractivity contribution in [1.29, 1.82) is 0 Å². The summed E-state index contributed by atoms with van der Waals surface area (Å²) >= 11 is 1.75. The van der Waals surface area contributed by atoms with Crippen molar-refractivity contribution in [1.82, 2.24) is 0 Å². The van der Waals surface area contributed by atoms with Gasteiger partial charge in [-0.15, -0.1) is 11.3 Å². The van der Waals surface area contributed by atoms with Crippen LogP contribution >= 0.6 is 11.3 Å². The van der Waals surface area contributed by atoms with Gasteiger partial charge in [0.25, 0.3) is 0 Å². The third-order valence-electron chi connectivity index (χ3n) is 2.22. The minimum absolute atomic E-state index is 0.621. The van der Waals surface area contributed by atoms with Crippen LogP contribution in [0.4, 0.5) is 5.69 Å². The topological polar surface area (TPSA) is 46.2 Å².